The zero-order valence-electron chi connectivity index (χ0n) is 17.8. The molecule has 0 spiro atoms. The van der Waals surface area contributed by atoms with E-state index in [-0.39, 0.29) is 0 Å². The summed E-state index contributed by atoms with van der Waals surface area (Å²) >= 11 is 0. The number of nitrogens with zero attached hydrogens (tertiary/aromatic N) is 2. The number of fused-ring (bicyclic) bond motifs is 2. The number of likely N-dealkylation sites (N-methyl/N-ethyl adjacent to an activating group) is 2. The highest BCUT2D eigenvalue weighted by Crippen LogP contribution is 2.33. The van der Waals surface area contributed by atoms with Gasteiger partial charge in [0.25, 0.3) is 0 Å². The van der Waals surface area contributed by atoms with Crippen molar-refractivity contribution >= 4 is 21.5 Å². The molecule has 0 saturated carbocycles. The minimum absolute atomic E-state index is 0.892. The molecule has 0 saturated heterocycles. The lowest BCUT2D eigenvalue weighted by Gasteiger charge is -2.19. The molecule has 0 aliphatic rings. The van der Waals surface area contributed by atoms with Gasteiger partial charge in [-0.2, -0.15) is 0 Å². The predicted octanol–water partition coefficient (Wildman–Crippen LogP) is 3.30. The highest BCUT2D eigenvalue weighted by molar-refractivity contribution is 6.05. The fourth-order valence-electron chi connectivity index (χ4n) is 3.72. The van der Waals surface area contributed by atoms with Gasteiger partial charge >= 0.3 is 0 Å². The van der Waals surface area contributed by atoms with Crippen LogP contribution < -0.4 is 10.6 Å². The first-order valence-corrected chi connectivity index (χ1v) is 10.2. The third-order valence-electron chi connectivity index (χ3n) is 5.23. The van der Waals surface area contributed by atoms with Crippen LogP contribution in [0.2, 0.25) is 0 Å². The van der Waals surface area contributed by atoms with Crippen molar-refractivity contribution in [3.63, 3.8) is 0 Å². The minimum Gasteiger partial charge on any atom is -0.311 e. The first-order valence-electron chi connectivity index (χ1n) is 10.2. The summed E-state index contributed by atoms with van der Waals surface area (Å²) in [5, 5.41) is 12.7. The molecule has 3 aromatic rings. The summed E-state index contributed by atoms with van der Waals surface area (Å²) in [4.78, 5) is 4.43. The van der Waals surface area contributed by atoms with E-state index >= 15 is 0 Å². The Morgan fingerprint density at radius 2 is 0.893 bits per heavy atom. The molecule has 0 fully saturated rings. The lowest BCUT2D eigenvalue weighted by Crippen LogP contribution is -2.27. The summed E-state index contributed by atoms with van der Waals surface area (Å²) < 4.78 is 0. The molecule has 28 heavy (non-hydrogen) atoms. The first-order chi connectivity index (χ1) is 13.6. The van der Waals surface area contributed by atoms with Gasteiger partial charge in [0.2, 0.25) is 0 Å². The van der Waals surface area contributed by atoms with E-state index < -0.39 is 0 Å². The van der Waals surface area contributed by atoms with Crippen LogP contribution >= 0.6 is 0 Å². The van der Waals surface area contributed by atoms with Crippen molar-refractivity contribution in [2.75, 3.05) is 54.4 Å². The van der Waals surface area contributed by atoms with Crippen LogP contribution in [0.15, 0.2) is 48.5 Å². The molecule has 0 atom stereocenters. The zero-order chi connectivity index (χ0) is 19.9. The molecule has 3 rings (SSSR count). The van der Waals surface area contributed by atoms with Crippen LogP contribution in [-0.2, 0) is 13.1 Å². The van der Waals surface area contributed by atoms with Crippen molar-refractivity contribution in [2.45, 2.75) is 13.1 Å². The Balaban J connectivity index is 1.96. The van der Waals surface area contributed by atoms with Crippen molar-refractivity contribution in [1.29, 1.82) is 0 Å². The molecular weight excluding hydrogens is 344 g/mol. The van der Waals surface area contributed by atoms with E-state index in [1.165, 1.54) is 32.7 Å². The van der Waals surface area contributed by atoms with Crippen LogP contribution in [0.3, 0.4) is 0 Å². The van der Waals surface area contributed by atoms with Crippen molar-refractivity contribution < 1.29 is 0 Å². The van der Waals surface area contributed by atoms with E-state index in [4.69, 9.17) is 0 Å². The number of benzene rings is 3. The fourth-order valence-corrected chi connectivity index (χ4v) is 3.72. The van der Waals surface area contributed by atoms with Gasteiger partial charge in [0.1, 0.15) is 0 Å². The topological polar surface area (TPSA) is 30.5 Å². The highest BCUT2D eigenvalue weighted by Gasteiger charge is 2.13. The third kappa shape index (κ3) is 5.09. The van der Waals surface area contributed by atoms with Crippen LogP contribution in [0.1, 0.15) is 11.1 Å². The molecule has 0 heterocycles. The zero-order valence-corrected chi connectivity index (χ0v) is 17.8. The Bertz CT molecular complexity index is 771. The summed E-state index contributed by atoms with van der Waals surface area (Å²) in [7, 11) is 8.46. The van der Waals surface area contributed by atoms with Crippen molar-refractivity contribution in [1.82, 2.24) is 20.4 Å². The average Bonchev–Trinajstić information content (AvgIpc) is 2.68. The lowest BCUT2D eigenvalue weighted by molar-refractivity contribution is 0.400. The number of nitrogens with one attached hydrogen (secondary N) is 2. The molecule has 0 bridgehead atoms. The van der Waals surface area contributed by atoms with Crippen molar-refractivity contribution in [3.8, 4) is 0 Å². The second-order valence-corrected chi connectivity index (χ2v) is 8.01. The first kappa shape index (κ1) is 20.7. The van der Waals surface area contributed by atoms with E-state index in [9.17, 15) is 0 Å². The molecule has 0 unspecified atom stereocenters. The molecular formula is C24H34N4. The average molecular weight is 379 g/mol. The van der Waals surface area contributed by atoms with E-state index in [1.807, 2.05) is 0 Å². The maximum absolute atomic E-state index is 3.64. The normalized spacial score (nSPS) is 11.9. The molecule has 4 nitrogen and oxygen atoms in total. The Morgan fingerprint density at radius 3 is 1.18 bits per heavy atom. The van der Waals surface area contributed by atoms with Gasteiger partial charge in [0.15, 0.2) is 0 Å². The summed E-state index contributed by atoms with van der Waals surface area (Å²) in [5.74, 6) is 0. The minimum atomic E-state index is 0.892. The molecule has 4 heteroatoms. The van der Waals surface area contributed by atoms with Crippen LogP contribution in [-0.4, -0.2) is 64.2 Å². The number of hydrogen-bond acceptors (Lipinski definition) is 4. The predicted molar refractivity (Wildman–Crippen MR) is 122 cm³/mol. The van der Waals surface area contributed by atoms with E-state index in [0.29, 0.717) is 0 Å². The van der Waals surface area contributed by atoms with Crippen LogP contribution in [0, 0.1) is 0 Å². The van der Waals surface area contributed by atoms with Crippen LogP contribution in [0.4, 0.5) is 0 Å². The lowest BCUT2D eigenvalue weighted by atomic mass is 9.91. The molecule has 0 aromatic heterocycles. The van der Waals surface area contributed by atoms with Crippen molar-refractivity contribution in [2.24, 2.45) is 0 Å². The quantitative estimate of drug-likeness (QED) is 0.419. The Kier molecular flexibility index (Phi) is 7.40. The molecule has 0 aliphatic heterocycles. The summed E-state index contributed by atoms with van der Waals surface area (Å²) in [5.41, 5.74) is 2.81. The summed E-state index contributed by atoms with van der Waals surface area (Å²) in [6, 6.07) is 17.7. The Hall–Kier alpha value is -1.98. The second kappa shape index (κ2) is 9.99. The Morgan fingerprint density at radius 1 is 0.571 bits per heavy atom. The monoisotopic (exact) mass is 378 g/mol. The van der Waals surface area contributed by atoms with E-state index in [2.05, 4.69) is 97.2 Å². The SMILES string of the molecule is CN(C)CCNCc1c2ccccc2c(CNCCN(C)C)c2ccccc12. The van der Waals surface area contributed by atoms with Gasteiger partial charge in [-0.3, -0.25) is 0 Å². The van der Waals surface area contributed by atoms with Gasteiger partial charge in [-0.05, 0) is 60.9 Å². The molecule has 150 valence electrons. The van der Waals surface area contributed by atoms with Gasteiger partial charge in [-0.1, -0.05) is 48.5 Å². The fraction of sp³-hybridized carbons (Fsp3) is 0.417. The number of hydrogen-bond donors (Lipinski definition) is 2. The van der Waals surface area contributed by atoms with Crippen molar-refractivity contribution in [3.05, 3.63) is 59.7 Å². The smallest absolute Gasteiger partial charge is 0.0218 e. The van der Waals surface area contributed by atoms with Gasteiger partial charge in [0.05, 0.1) is 0 Å². The highest BCUT2D eigenvalue weighted by atomic mass is 15.1. The molecule has 2 N–H and O–H groups in total. The van der Waals surface area contributed by atoms with E-state index in [1.54, 1.807) is 0 Å². The van der Waals surface area contributed by atoms with Gasteiger partial charge < -0.3 is 20.4 Å². The summed E-state index contributed by atoms with van der Waals surface area (Å²) in [6.45, 7) is 5.85. The van der Waals surface area contributed by atoms with Gasteiger partial charge in [0, 0.05) is 39.3 Å². The molecule has 3 aromatic carbocycles. The van der Waals surface area contributed by atoms with Crippen LogP contribution in [0.5, 0.6) is 0 Å². The van der Waals surface area contributed by atoms with Gasteiger partial charge in [-0.25, -0.2) is 0 Å². The van der Waals surface area contributed by atoms with E-state index in [0.717, 1.165) is 39.3 Å². The number of rotatable bonds is 10. The maximum Gasteiger partial charge on any atom is 0.0218 e. The standard InChI is InChI=1S/C24H34N4/c1-27(2)15-13-25-17-23-19-9-5-7-11-21(19)24(18-26-14-16-28(3)4)22-12-8-6-10-20(22)23/h5-12,25-26H,13-18H2,1-4H3. The van der Waals surface area contributed by atoms with Gasteiger partial charge in [-0.15, -0.1) is 0 Å². The molecule has 0 aliphatic carbocycles. The maximum atomic E-state index is 3.64. The van der Waals surface area contributed by atoms with Crippen LogP contribution in [0.25, 0.3) is 21.5 Å². The third-order valence-corrected chi connectivity index (χ3v) is 5.23. The Labute approximate surface area is 169 Å². The summed E-state index contributed by atoms with van der Waals surface area (Å²) in [6.07, 6.45) is 0. The largest absolute Gasteiger partial charge is 0.311 e. The molecule has 0 amide bonds. The molecule has 0 radical (unpaired) electrons. The second-order valence-electron chi connectivity index (χ2n) is 8.01.